The van der Waals surface area contributed by atoms with Crippen LogP contribution in [0, 0.1) is 5.92 Å². The van der Waals surface area contributed by atoms with Gasteiger partial charge in [0.15, 0.2) is 0 Å². The molecule has 0 radical (unpaired) electrons. The first-order valence-electron chi connectivity index (χ1n) is 7.05. The predicted octanol–water partition coefficient (Wildman–Crippen LogP) is 1.41. The van der Waals surface area contributed by atoms with Gasteiger partial charge in [0.25, 0.3) is 0 Å². The fourth-order valence-electron chi connectivity index (χ4n) is 2.83. The minimum atomic E-state index is 0.138. The molecule has 1 N–H and O–H groups in total. The number of hydrogen-bond donors (Lipinski definition) is 1. The largest absolute Gasteiger partial charge is 0.491 e. The van der Waals surface area contributed by atoms with Gasteiger partial charge in [-0.05, 0) is 25.5 Å². The van der Waals surface area contributed by atoms with Gasteiger partial charge in [-0.1, -0.05) is 18.2 Å². The van der Waals surface area contributed by atoms with Crippen molar-refractivity contribution in [1.82, 2.24) is 10.2 Å². The Balaban J connectivity index is 1.73. The lowest BCUT2D eigenvalue weighted by molar-refractivity contribution is -0.136. The van der Waals surface area contributed by atoms with Crippen LogP contribution in [0.1, 0.15) is 18.4 Å². The van der Waals surface area contributed by atoms with Gasteiger partial charge < -0.3 is 15.0 Å². The van der Waals surface area contributed by atoms with E-state index in [1.807, 2.05) is 29.2 Å². The maximum Gasteiger partial charge on any atom is 0.227 e. The molecular weight excluding hydrogens is 240 g/mol. The number of para-hydroxylation sites is 1. The average Bonchev–Trinajstić information content (AvgIpc) is 2.69. The molecule has 3 rings (SSSR count). The zero-order valence-electron chi connectivity index (χ0n) is 11.1. The molecule has 0 bridgehead atoms. The van der Waals surface area contributed by atoms with Crippen LogP contribution >= 0.6 is 0 Å². The number of rotatable bonds is 1. The topological polar surface area (TPSA) is 41.6 Å². The van der Waals surface area contributed by atoms with Gasteiger partial charge in [-0.15, -0.1) is 0 Å². The van der Waals surface area contributed by atoms with Crippen LogP contribution in [0.3, 0.4) is 0 Å². The van der Waals surface area contributed by atoms with E-state index in [4.69, 9.17) is 4.74 Å². The van der Waals surface area contributed by atoms with Crippen LogP contribution in [-0.2, 0) is 11.3 Å². The number of amides is 1. The summed E-state index contributed by atoms with van der Waals surface area (Å²) in [7, 11) is 0. The van der Waals surface area contributed by atoms with E-state index in [1.165, 1.54) is 0 Å². The number of hydrogen-bond acceptors (Lipinski definition) is 3. The van der Waals surface area contributed by atoms with E-state index in [0.29, 0.717) is 19.7 Å². The van der Waals surface area contributed by atoms with Crippen molar-refractivity contribution >= 4 is 5.91 Å². The Morgan fingerprint density at radius 3 is 3.11 bits per heavy atom. The fourth-order valence-corrected chi connectivity index (χ4v) is 2.83. The molecule has 1 saturated heterocycles. The molecule has 102 valence electrons. The number of fused-ring (bicyclic) bond motifs is 1. The maximum absolute atomic E-state index is 12.5. The lowest BCUT2D eigenvalue weighted by Crippen LogP contribution is -2.43. The first kappa shape index (κ1) is 12.5. The molecule has 1 aromatic carbocycles. The molecule has 2 aliphatic heterocycles. The summed E-state index contributed by atoms with van der Waals surface area (Å²) in [5.74, 6) is 1.33. The Morgan fingerprint density at radius 1 is 1.37 bits per heavy atom. The molecule has 4 nitrogen and oxygen atoms in total. The van der Waals surface area contributed by atoms with Crippen LogP contribution in [0.25, 0.3) is 0 Å². The number of benzene rings is 1. The Kier molecular flexibility index (Phi) is 3.69. The third-order valence-electron chi connectivity index (χ3n) is 3.91. The predicted molar refractivity (Wildman–Crippen MR) is 72.9 cm³/mol. The first-order valence-corrected chi connectivity index (χ1v) is 7.05. The SMILES string of the molecule is O=C([C@H]1CCCNC1)N1CCOc2ccccc2C1. The van der Waals surface area contributed by atoms with Gasteiger partial charge in [-0.25, -0.2) is 0 Å². The van der Waals surface area contributed by atoms with Crippen molar-refractivity contribution in [3.63, 3.8) is 0 Å². The smallest absolute Gasteiger partial charge is 0.227 e. The van der Waals surface area contributed by atoms with E-state index in [0.717, 1.165) is 37.2 Å². The number of ether oxygens (including phenoxy) is 1. The molecule has 0 aromatic heterocycles. The van der Waals surface area contributed by atoms with Crippen molar-refractivity contribution in [1.29, 1.82) is 0 Å². The Morgan fingerprint density at radius 2 is 2.26 bits per heavy atom. The molecule has 2 heterocycles. The van der Waals surface area contributed by atoms with Gasteiger partial charge in [0.2, 0.25) is 5.91 Å². The highest BCUT2D eigenvalue weighted by Gasteiger charge is 2.27. The Bertz CT molecular complexity index is 455. The van der Waals surface area contributed by atoms with Crippen LogP contribution in [0.5, 0.6) is 5.75 Å². The Hall–Kier alpha value is -1.55. The highest BCUT2D eigenvalue weighted by atomic mass is 16.5. The molecule has 1 amide bonds. The molecule has 0 aliphatic carbocycles. The molecule has 0 unspecified atom stereocenters. The summed E-state index contributed by atoms with van der Waals surface area (Å²) in [5.41, 5.74) is 1.11. The maximum atomic E-state index is 12.5. The van der Waals surface area contributed by atoms with Crippen molar-refractivity contribution in [2.75, 3.05) is 26.2 Å². The molecular formula is C15H20N2O2. The highest BCUT2D eigenvalue weighted by Crippen LogP contribution is 2.24. The van der Waals surface area contributed by atoms with E-state index in [9.17, 15) is 4.79 Å². The van der Waals surface area contributed by atoms with Crippen LogP contribution in [-0.4, -0.2) is 37.0 Å². The molecule has 2 aliphatic rings. The summed E-state index contributed by atoms with van der Waals surface area (Å²) in [5, 5.41) is 3.31. The summed E-state index contributed by atoms with van der Waals surface area (Å²) in [6.07, 6.45) is 2.10. The first-order chi connectivity index (χ1) is 9.34. The van der Waals surface area contributed by atoms with Crippen LogP contribution in [0.15, 0.2) is 24.3 Å². The van der Waals surface area contributed by atoms with Crippen LogP contribution < -0.4 is 10.1 Å². The van der Waals surface area contributed by atoms with E-state index in [2.05, 4.69) is 5.32 Å². The van der Waals surface area contributed by atoms with Crippen LogP contribution in [0.4, 0.5) is 0 Å². The number of piperidine rings is 1. The second-order valence-electron chi connectivity index (χ2n) is 5.26. The van der Waals surface area contributed by atoms with E-state index in [-0.39, 0.29) is 11.8 Å². The van der Waals surface area contributed by atoms with Gasteiger partial charge in [0.05, 0.1) is 12.5 Å². The number of carbonyl (C=O) groups is 1. The number of nitrogens with one attached hydrogen (secondary N) is 1. The molecule has 0 saturated carbocycles. The van der Waals surface area contributed by atoms with Crippen molar-refractivity contribution in [2.24, 2.45) is 5.92 Å². The summed E-state index contributed by atoms with van der Waals surface area (Å²) < 4.78 is 5.71. The zero-order valence-corrected chi connectivity index (χ0v) is 11.1. The van der Waals surface area contributed by atoms with Crippen molar-refractivity contribution in [3.05, 3.63) is 29.8 Å². The molecule has 0 spiro atoms. The second kappa shape index (κ2) is 5.61. The Labute approximate surface area is 113 Å². The van der Waals surface area contributed by atoms with Gasteiger partial charge in [0, 0.05) is 18.7 Å². The molecule has 4 heteroatoms. The molecule has 1 aromatic rings. The number of carbonyl (C=O) groups excluding carboxylic acids is 1. The number of nitrogens with zero attached hydrogens (tertiary/aromatic N) is 1. The lowest BCUT2D eigenvalue weighted by Gasteiger charge is -2.28. The lowest BCUT2D eigenvalue weighted by atomic mass is 9.98. The molecule has 19 heavy (non-hydrogen) atoms. The summed E-state index contributed by atoms with van der Waals surface area (Å²) >= 11 is 0. The molecule has 1 fully saturated rings. The van der Waals surface area contributed by atoms with Gasteiger partial charge in [0.1, 0.15) is 12.4 Å². The van der Waals surface area contributed by atoms with Crippen molar-refractivity contribution in [2.45, 2.75) is 19.4 Å². The minimum absolute atomic E-state index is 0.138. The quantitative estimate of drug-likeness (QED) is 0.830. The standard InChI is InChI=1S/C15H20N2O2/c18-15(12-5-3-7-16-10-12)17-8-9-19-14-6-2-1-4-13(14)11-17/h1-2,4,6,12,16H,3,5,7-11H2/t12-/m0/s1. The third-order valence-corrected chi connectivity index (χ3v) is 3.91. The highest BCUT2D eigenvalue weighted by molar-refractivity contribution is 5.79. The van der Waals surface area contributed by atoms with Gasteiger partial charge in [-0.3, -0.25) is 4.79 Å². The van der Waals surface area contributed by atoms with Gasteiger partial charge in [-0.2, -0.15) is 0 Å². The second-order valence-corrected chi connectivity index (χ2v) is 5.26. The van der Waals surface area contributed by atoms with Crippen LogP contribution in [0.2, 0.25) is 0 Å². The van der Waals surface area contributed by atoms with E-state index in [1.54, 1.807) is 0 Å². The van der Waals surface area contributed by atoms with Crippen molar-refractivity contribution < 1.29 is 9.53 Å². The summed E-state index contributed by atoms with van der Waals surface area (Å²) in [6, 6.07) is 7.99. The van der Waals surface area contributed by atoms with Crippen molar-refractivity contribution in [3.8, 4) is 5.75 Å². The fraction of sp³-hybridized carbons (Fsp3) is 0.533. The van der Waals surface area contributed by atoms with E-state index >= 15 is 0 Å². The normalized spacial score (nSPS) is 23.2. The zero-order chi connectivity index (χ0) is 13.1. The van der Waals surface area contributed by atoms with E-state index < -0.39 is 0 Å². The average molecular weight is 260 g/mol. The summed E-state index contributed by atoms with van der Waals surface area (Å²) in [4.78, 5) is 14.5. The van der Waals surface area contributed by atoms with Gasteiger partial charge >= 0.3 is 0 Å². The molecule has 1 atom stereocenters. The monoisotopic (exact) mass is 260 g/mol. The third kappa shape index (κ3) is 2.73. The summed E-state index contributed by atoms with van der Waals surface area (Å²) in [6.45, 7) is 3.80. The minimum Gasteiger partial charge on any atom is -0.491 e.